The van der Waals surface area contributed by atoms with Gasteiger partial charge in [0, 0.05) is 29.6 Å². The van der Waals surface area contributed by atoms with Crippen molar-refractivity contribution in [1.29, 1.82) is 0 Å². The first-order chi connectivity index (χ1) is 5.34. The second-order valence-electron chi connectivity index (χ2n) is 1.82. The molecule has 0 unspecified atom stereocenters. The molecule has 0 aromatic carbocycles. The molecule has 58 valence electrons. The fourth-order valence-corrected chi connectivity index (χ4v) is 1.27. The molecule has 1 heterocycles. The highest BCUT2D eigenvalue weighted by Crippen LogP contribution is 1.88. The van der Waals surface area contributed by atoms with Crippen molar-refractivity contribution in [3.8, 4) is 0 Å². The van der Waals surface area contributed by atoms with E-state index in [1.165, 1.54) is 4.57 Å². The lowest BCUT2D eigenvalue weighted by Gasteiger charge is -1.93. The van der Waals surface area contributed by atoms with E-state index < -0.39 is 0 Å². The molecule has 0 aliphatic heterocycles. The number of hydrogen-bond donors (Lipinski definition) is 0. The topological polar surface area (TPSA) is 70.8 Å². The molecular weight excluding hydrogens is 164 g/mol. The van der Waals surface area contributed by atoms with Crippen molar-refractivity contribution in [2.45, 2.75) is 6.54 Å². The van der Waals surface area contributed by atoms with Gasteiger partial charge in [-0.3, -0.25) is 4.79 Å². The molecule has 6 heteroatoms. The monoisotopic (exact) mass is 170 g/mol. The standard InChI is InChI=1S/C5H6N4OS/c6-8-7-1-2-9-3-4-11-5(9)10/h3-4H,1-2H2. The molecule has 0 spiro atoms. The molecule has 0 saturated heterocycles. The minimum absolute atomic E-state index is 0.0156. The van der Waals surface area contributed by atoms with Gasteiger partial charge in [-0.2, -0.15) is 0 Å². The number of rotatable bonds is 3. The van der Waals surface area contributed by atoms with Gasteiger partial charge in [-0.05, 0) is 5.53 Å². The van der Waals surface area contributed by atoms with Gasteiger partial charge in [-0.25, -0.2) is 0 Å². The molecule has 1 aromatic rings. The lowest BCUT2D eigenvalue weighted by atomic mass is 10.6. The van der Waals surface area contributed by atoms with Gasteiger partial charge in [0.25, 0.3) is 0 Å². The Hall–Kier alpha value is -1.26. The zero-order valence-corrected chi connectivity index (χ0v) is 6.49. The molecule has 0 amide bonds. The van der Waals surface area contributed by atoms with Gasteiger partial charge < -0.3 is 4.57 Å². The Balaban J connectivity index is 2.57. The summed E-state index contributed by atoms with van der Waals surface area (Å²) in [6, 6.07) is 0. The van der Waals surface area contributed by atoms with E-state index in [0.29, 0.717) is 13.1 Å². The van der Waals surface area contributed by atoms with Crippen molar-refractivity contribution in [3.63, 3.8) is 0 Å². The van der Waals surface area contributed by atoms with E-state index >= 15 is 0 Å². The smallest absolute Gasteiger partial charge is 0.306 e. The van der Waals surface area contributed by atoms with Gasteiger partial charge in [-0.15, -0.1) is 0 Å². The van der Waals surface area contributed by atoms with Crippen LogP contribution in [0.4, 0.5) is 0 Å². The molecule has 0 aliphatic rings. The molecular formula is C5H6N4OS. The first-order valence-corrected chi connectivity index (χ1v) is 3.87. The van der Waals surface area contributed by atoms with E-state index in [0.717, 1.165) is 11.3 Å². The Morgan fingerprint density at radius 1 is 1.82 bits per heavy atom. The predicted molar refractivity (Wildman–Crippen MR) is 42.6 cm³/mol. The van der Waals surface area contributed by atoms with E-state index in [2.05, 4.69) is 10.0 Å². The summed E-state index contributed by atoms with van der Waals surface area (Å²) in [6.07, 6.45) is 1.68. The number of aromatic nitrogens is 1. The second-order valence-corrected chi connectivity index (χ2v) is 2.67. The first-order valence-electron chi connectivity index (χ1n) is 2.99. The molecule has 0 saturated carbocycles. The zero-order valence-electron chi connectivity index (χ0n) is 5.67. The number of hydrogen-bond acceptors (Lipinski definition) is 3. The van der Waals surface area contributed by atoms with Gasteiger partial charge in [-0.1, -0.05) is 16.5 Å². The summed E-state index contributed by atoms with van der Waals surface area (Å²) >= 11 is 1.14. The molecule has 5 nitrogen and oxygen atoms in total. The highest BCUT2D eigenvalue weighted by Gasteiger charge is 1.92. The van der Waals surface area contributed by atoms with Crippen molar-refractivity contribution >= 4 is 11.3 Å². The number of nitrogens with zero attached hydrogens (tertiary/aromatic N) is 4. The summed E-state index contributed by atoms with van der Waals surface area (Å²) < 4.78 is 1.51. The maximum absolute atomic E-state index is 10.9. The van der Waals surface area contributed by atoms with Crippen LogP contribution >= 0.6 is 11.3 Å². The van der Waals surface area contributed by atoms with Crippen LogP contribution in [0.5, 0.6) is 0 Å². The summed E-state index contributed by atoms with van der Waals surface area (Å²) in [7, 11) is 0. The van der Waals surface area contributed by atoms with Gasteiger partial charge in [0.2, 0.25) is 0 Å². The van der Waals surface area contributed by atoms with E-state index in [1.807, 2.05) is 0 Å². The van der Waals surface area contributed by atoms with Crippen molar-refractivity contribution in [3.05, 3.63) is 31.7 Å². The predicted octanol–water partition coefficient (Wildman–Crippen LogP) is 1.22. The van der Waals surface area contributed by atoms with Gasteiger partial charge in [0.05, 0.1) is 0 Å². The first kappa shape index (κ1) is 7.84. The largest absolute Gasteiger partial charge is 0.307 e. The van der Waals surface area contributed by atoms with Crippen LogP contribution in [0.25, 0.3) is 10.4 Å². The number of azide groups is 1. The summed E-state index contributed by atoms with van der Waals surface area (Å²) in [5.41, 5.74) is 7.94. The van der Waals surface area contributed by atoms with E-state index in [-0.39, 0.29) is 4.87 Å². The lowest BCUT2D eigenvalue weighted by molar-refractivity contribution is 0.695. The SMILES string of the molecule is [N-]=[N+]=NCCn1ccsc1=O. The lowest BCUT2D eigenvalue weighted by Crippen LogP contribution is -2.13. The maximum atomic E-state index is 10.9. The van der Waals surface area contributed by atoms with Gasteiger partial charge in [0.15, 0.2) is 0 Å². The third kappa shape index (κ3) is 2.10. The molecule has 0 fully saturated rings. The number of thiazole rings is 1. The Morgan fingerprint density at radius 2 is 2.64 bits per heavy atom. The van der Waals surface area contributed by atoms with Gasteiger partial charge >= 0.3 is 4.87 Å². The average molecular weight is 170 g/mol. The van der Waals surface area contributed by atoms with Crippen molar-refractivity contribution in [1.82, 2.24) is 4.57 Å². The van der Waals surface area contributed by atoms with Crippen LogP contribution in [-0.2, 0) is 6.54 Å². The van der Waals surface area contributed by atoms with Crippen LogP contribution in [0.2, 0.25) is 0 Å². The van der Waals surface area contributed by atoms with Crippen LogP contribution in [0, 0.1) is 0 Å². The third-order valence-electron chi connectivity index (χ3n) is 1.15. The highest BCUT2D eigenvalue weighted by molar-refractivity contribution is 7.07. The summed E-state index contributed by atoms with van der Waals surface area (Å²) in [4.78, 5) is 13.4. The second kappa shape index (κ2) is 3.80. The van der Waals surface area contributed by atoms with Crippen LogP contribution in [0.15, 0.2) is 21.5 Å². The minimum atomic E-state index is -0.0156. The molecule has 1 rings (SSSR count). The quantitative estimate of drug-likeness (QED) is 0.382. The third-order valence-corrected chi connectivity index (χ3v) is 1.84. The molecule has 11 heavy (non-hydrogen) atoms. The fourth-order valence-electron chi connectivity index (χ4n) is 0.654. The minimum Gasteiger partial charge on any atom is -0.306 e. The molecule has 0 aliphatic carbocycles. The Bertz CT molecular complexity index is 321. The molecule has 1 aromatic heterocycles. The molecule has 0 atom stereocenters. The summed E-state index contributed by atoms with van der Waals surface area (Å²) in [5, 5.41) is 5.02. The Labute approximate surface area is 66.5 Å². The normalized spacial score (nSPS) is 9.09. The van der Waals surface area contributed by atoms with Crippen molar-refractivity contribution in [2.24, 2.45) is 5.11 Å². The summed E-state index contributed by atoms with van der Waals surface area (Å²) in [5.74, 6) is 0. The Morgan fingerprint density at radius 3 is 3.18 bits per heavy atom. The van der Waals surface area contributed by atoms with Crippen molar-refractivity contribution in [2.75, 3.05) is 6.54 Å². The van der Waals surface area contributed by atoms with Crippen LogP contribution < -0.4 is 4.87 Å². The molecule has 0 N–H and O–H groups in total. The summed E-state index contributed by atoms with van der Waals surface area (Å²) in [6.45, 7) is 0.791. The van der Waals surface area contributed by atoms with E-state index in [1.54, 1.807) is 11.6 Å². The average Bonchev–Trinajstić information content (AvgIpc) is 2.37. The van der Waals surface area contributed by atoms with Crippen LogP contribution in [-0.4, -0.2) is 11.1 Å². The fraction of sp³-hybridized carbons (Fsp3) is 0.400. The zero-order chi connectivity index (χ0) is 8.10. The molecule has 0 bridgehead atoms. The molecule has 0 radical (unpaired) electrons. The van der Waals surface area contributed by atoms with E-state index in [9.17, 15) is 4.79 Å². The van der Waals surface area contributed by atoms with Gasteiger partial charge in [0.1, 0.15) is 0 Å². The maximum Gasteiger partial charge on any atom is 0.307 e. The van der Waals surface area contributed by atoms with E-state index in [4.69, 9.17) is 5.53 Å². The van der Waals surface area contributed by atoms with Crippen LogP contribution in [0.3, 0.4) is 0 Å². The van der Waals surface area contributed by atoms with Crippen LogP contribution in [0.1, 0.15) is 0 Å². The Kier molecular flexibility index (Phi) is 2.71. The highest BCUT2D eigenvalue weighted by atomic mass is 32.1. The van der Waals surface area contributed by atoms with Crippen molar-refractivity contribution < 1.29 is 0 Å².